The van der Waals surface area contributed by atoms with Crippen LogP contribution in [0.1, 0.15) is 32.2 Å². The van der Waals surface area contributed by atoms with Crippen molar-refractivity contribution < 1.29 is 9.53 Å². The molecule has 0 atom stereocenters. The van der Waals surface area contributed by atoms with Crippen LogP contribution < -0.4 is 4.74 Å². The van der Waals surface area contributed by atoms with Gasteiger partial charge >= 0.3 is 0 Å². The zero-order valence-corrected chi connectivity index (χ0v) is 16.1. The number of hydrogen-bond donors (Lipinski definition) is 0. The second-order valence-electron chi connectivity index (χ2n) is 6.07. The Morgan fingerprint density at radius 1 is 1.20 bits per heavy atom. The van der Waals surface area contributed by atoms with Crippen LogP contribution in [0.3, 0.4) is 0 Å². The molecule has 0 bridgehead atoms. The summed E-state index contributed by atoms with van der Waals surface area (Å²) in [6.45, 7) is 6.74. The monoisotopic (exact) mass is 373 g/mol. The summed E-state index contributed by atoms with van der Waals surface area (Å²) in [5.74, 6) is 0.671. The Morgan fingerprint density at radius 2 is 2.00 bits per heavy atom. The molecule has 5 heteroatoms. The first-order chi connectivity index (χ1) is 12.0. The van der Waals surface area contributed by atoms with Crippen LogP contribution in [-0.2, 0) is 6.54 Å². The number of carbonyl (C=O) groups is 1. The number of nitrogens with zero attached hydrogens (tertiary/aromatic N) is 1. The molecule has 0 fully saturated rings. The fourth-order valence-corrected chi connectivity index (χ4v) is 3.80. The van der Waals surface area contributed by atoms with Gasteiger partial charge < -0.3 is 9.30 Å². The third kappa shape index (κ3) is 3.97. The van der Waals surface area contributed by atoms with Gasteiger partial charge in [0, 0.05) is 26.9 Å². The molecular weight excluding hydrogens is 354 g/mol. The van der Waals surface area contributed by atoms with Crippen molar-refractivity contribution in [3.63, 3.8) is 0 Å². The van der Waals surface area contributed by atoms with Gasteiger partial charge in [-0.3, -0.25) is 4.79 Å². The summed E-state index contributed by atoms with van der Waals surface area (Å²) in [5.41, 5.74) is 3.70. The van der Waals surface area contributed by atoms with Crippen molar-refractivity contribution in [3.8, 4) is 5.75 Å². The molecule has 2 aromatic heterocycles. The van der Waals surface area contributed by atoms with Gasteiger partial charge in [0.05, 0.1) is 6.54 Å². The number of aromatic nitrogens is 1. The number of ketones is 1. The van der Waals surface area contributed by atoms with E-state index in [0.717, 1.165) is 29.1 Å². The normalized spacial score (nSPS) is 10.9. The van der Waals surface area contributed by atoms with Crippen molar-refractivity contribution in [1.29, 1.82) is 0 Å². The van der Waals surface area contributed by atoms with Crippen LogP contribution in [0.5, 0.6) is 5.75 Å². The van der Waals surface area contributed by atoms with Gasteiger partial charge in [-0.15, -0.1) is 11.3 Å². The number of carbonyl (C=O) groups excluding carboxylic acids is 1. The Kier molecular flexibility index (Phi) is 5.30. The van der Waals surface area contributed by atoms with Crippen LogP contribution in [0, 0.1) is 20.8 Å². The Hall–Kier alpha value is -2.04. The Bertz CT molecular complexity index is 897. The van der Waals surface area contributed by atoms with Gasteiger partial charge in [-0.1, -0.05) is 17.7 Å². The standard InChI is InChI=1S/C20H20ClNO2S/c1-13-9-16(21)6-7-20(13)24-12-19(23)18-10-14(2)22(15(18)3)11-17-5-4-8-25-17/h4-10H,11-12H2,1-3H3. The quantitative estimate of drug-likeness (QED) is 0.539. The zero-order valence-electron chi connectivity index (χ0n) is 14.5. The SMILES string of the molecule is Cc1cc(Cl)ccc1OCC(=O)c1cc(C)n(Cc2cccs2)c1C. The predicted molar refractivity (Wildman–Crippen MR) is 103 cm³/mol. The Labute approximate surface area is 156 Å². The van der Waals surface area contributed by atoms with Crippen molar-refractivity contribution in [2.75, 3.05) is 6.61 Å². The molecule has 0 saturated heterocycles. The maximum atomic E-state index is 12.6. The second-order valence-corrected chi connectivity index (χ2v) is 7.54. The molecule has 0 radical (unpaired) electrons. The largest absolute Gasteiger partial charge is 0.485 e. The summed E-state index contributed by atoms with van der Waals surface area (Å²) in [6.07, 6.45) is 0. The van der Waals surface area contributed by atoms with Crippen molar-refractivity contribution in [2.45, 2.75) is 27.3 Å². The molecule has 130 valence electrons. The minimum atomic E-state index is -0.0140. The number of rotatable bonds is 6. The van der Waals surface area contributed by atoms with Crippen LogP contribution >= 0.6 is 22.9 Å². The van der Waals surface area contributed by atoms with Crippen LogP contribution in [0.4, 0.5) is 0 Å². The van der Waals surface area contributed by atoms with E-state index < -0.39 is 0 Å². The molecule has 0 unspecified atom stereocenters. The Balaban J connectivity index is 1.74. The first-order valence-corrected chi connectivity index (χ1v) is 9.32. The smallest absolute Gasteiger partial charge is 0.202 e. The molecule has 2 heterocycles. The fourth-order valence-electron chi connectivity index (χ4n) is 2.88. The van der Waals surface area contributed by atoms with Crippen LogP contribution in [0.25, 0.3) is 0 Å². The van der Waals surface area contributed by atoms with E-state index in [1.165, 1.54) is 4.88 Å². The third-order valence-corrected chi connectivity index (χ3v) is 5.36. The maximum absolute atomic E-state index is 12.6. The maximum Gasteiger partial charge on any atom is 0.202 e. The molecule has 1 aromatic carbocycles. The highest BCUT2D eigenvalue weighted by Gasteiger charge is 2.17. The van der Waals surface area contributed by atoms with E-state index in [1.807, 2.05) is 39.0 Å². The van der Waals surface area contributed by atoms with E-state index in [0.29, 0.717) is 10.8 Å². The minimum Gasteiger partial charge on any atom is -0.485 e. The summed E-state index contributed by atoms with van der Waals surface area (Å²) in [6, 6.07) is 11.5. The van der Waals surface area contributed by atoms with Crippen LogP contribution in [0.2, 0.25) is 5.02 Å². The van der Waals surface area contributed by atoms with E-state index in [2.05, 4.69) is 16.0 Å². The molecule has 25 heavy (non-hydrogen) atoms. The first-order valence-electron chi connectivity index (χ1n) is 8.07. The molecule has 0 aliphatic heterocycles. The van der Waals surface area contributed by atoms with Crippen molar-refractivity contribution in [1.82, 2.24) is 4.57 Å². The minimum absolute atomic E-state index is 0.0140. The number of Topliss-reactive ketones (excluding diaryl/α,β-unsaturated/α-hetero) is 1. The fraction of sp³-hybridized carbons (Fsp3) is 0.250. The number of ether oxygens (including phenoxy) is 1. The zero-order chi connectivity index (χ0) is 18.0. The third-order valence-electron chi connectivity index (χ3n) is 4.26. The number of hydrogen-bond acceptors (Lipinski definition) is 3. The number of aryl methyl sites for hydroxylation is 2. The van der Waals surface area contributed by atoms with E-state index >= 15 is 0 Å². The van der Waals surface area contributed by atoms with Crippen LogP contribution in [-0.4, -0.2) is 17.0 Å². The topological polar surface area (TPSA) is 31.2 Å². The summed E-state index contributed by atoms with van der Waals surface area (Å²) < 4.78 is 7.88. The van der Waals surface area contributed by atoms with Gasteiger partial charge in [-0.2, -0.15) is 0 Å². The molecule has 0 saturated carbocycles. The lowest BCUT2D eigenvalue weighted by molar-refractivity contribution is 0.0920. The number of halogens is 1. The van der Waals surface area contributed by atoms with Gasteiger partial charge in [0.15, 0.2) is 6.61 Å². The summed E-state index contributed by atoms with van der Waals surface area (Å²) in [7, 11) is 0. The van der Waals surface area contributed by atoms with E-state index in [4.69, 9.17) is 16.3 Å². The van der Waals surface area contributed by atoms with Gasteiger partial charge in [0.2, 0.25) is 5.78 Å². The lowest BCUT2D eigenvalue weighted by atomic mass is 10.1. The summed E-state index contributed by atoms with van der Waals surface area (Å²) in [5, 5.41) is 2.73. The average Bonchev–Trinajstić information content (AvgIpc) is 3.17. The van der Waals surface area contributed by atoms with E-state index in [1.54, 1.807) is 23.5 Å². The molecule has 0 spiro atoms. The number of benzene rings is 1. The van der Waals surface area contributed by atoms with Crippen molar-refractivity contribution in [3.05, 3.63) is 74.2 Å². The first kappa shape index (κ1) is 17.8. The molecule has 0 aliphatic carbocycles. The summed E-state index contributed by atoms with van der Waals surface area (Å²) >= 11 is 7.67. The van der Waals surface area contributed by atoms with E-state index in [-0.39, 0.29) is 12.4 Å². The lowest BCUT2D eigenvalue weighted by Gasteiger charge is -2.10. The lowest BCUT2D eigenvalue weighted by Crippen LogP contribution is -2.13. The van der Waals surface area contributed by atoms with Crippen molar-refractivity contribution >= 4 is 28.7 Å². The molecule has 0 N–H and O–H groups in total. The highest BCUT2D eigenvalue weighted by molar-refractivity contribution is 7.09. The summed E-state index contributed by atoms with van der Waals surface area (Å²) in [4.78, 5) is 13.9. The molecule has 0 amide bonds. The number of thiophene rings is 1. The highest BCUT2D eigenvalue weighted by atomic mass is 35.5. The molecule has 3 rings (SSSR count). The molecular formula is C20H20ClNO2S. The van der Waals surface area contributed by atoms with Gasteiger partial charge in [0.1, 0.15) is 5.75 Å². The average molecular weight is 374 g/mol. The molecule has 3 aromatic rings. The van der Waals surface area contributed by atoms with Gasteiger partial charge in [-0.05, 0) is 62.0 Å². The van der Waals surface area contributed by atoms with Gasteiger partial charge in [-0.25, -0.2) is 0 Å². The van der Waals surface area contributed by atoms with Crippen molar-refractivity contribution in [2.24, 2.45) is 0 Å². The molecule has 3 nitrogen and oxygen atoms in total. The molecule has 0 aliphatic rings. The van der Waals surface area contributed by atoms with Crippen LogP contribution in [0.15, 0.2) is 41.8 Å². The second kappa shape index (κ2) is 7.46. The predicted octanol–water partition coefficient (Wildman–Crippen LogP) is 5.44. The highest BCUT2D eigenvalue weighted by Crippen LogP contribution is 2.23. The van der Waals surface area contributed by atoms with Gasteiger partial charge in [0.25, 0.3) is 0 Å². The van der Waals surface area contributed by atoms with E-state index in [9.17, 15) is 4.79 Å². The Morgan fingerprint density at radius 3 is 2.68 bits per heavy atom.